The van der Waals surface area contributed by atoms with Crippen LogP contribution in [0.15, 0.2) is 12.7 Å². The van der Waals surface area contributed by atoms with E-state index in [0.29, 0.717) is 13.0 Å². The SMILES string of the molecule is C=CCOC(=O)CCC(Br)Br. The molecule has 4 heteroatoms. The average molecular weight is 286 g/mol. The highest BCUT2D eigenvalue weighted by Crippen LogP contribution is 2.14. The number of alkyl halides is 2. The number of carbonyl (C=O) groups excluding carboxylic acids is 1. The lowest BCUT2D eigenvalue weighted by atomic mass is 10.3. The molecular weight excluding hydrogens is 276 g/mol. The maximum Gasteiger partial charge on any atom is 0.306 e. The van der Waals surface area contributed by atoms with Crippen LogP contribution in [0.5, 0.6) is 0 Å². The molecule has 0 saturated heterocycles. The normalized spacial score (nSPS) is 9.73. The highest BCUT2D eigenvalue weighted by Gasteiger charge is 2.04. The summed E-state index contributed by atoms with van der Waals surface area (Å²) < 4.78 is 4.93. The zero-order valence-corrected chi connectivity index (χ0v) is 9.23. The summed E-state index contributed by atoms with van der Waals surface area (Å²) in [6.45, 7) is 3.73. The van der Waals surface area contributed by atoms with E-state index in [1.165, 1.54) is 0 Å². The first kappa shape index (κ1) is 11.2. The molecule has 11 heavy (non-hydrogen) atoms. The van der Waals surface area contributed by atoms with E-state index in [4.69, 9.17) is 4.74 Å². The summed E-state index contributed by atoms with van der Waals surface area (Å²) in [5.74, 6) is -0.186. The van der Waals surface area contributed by atoms with Crippen molar-refractivity contribution >= 4 is 37.8 Å². The fraction of sp³-hybridized carbons (Fsp3) is 0.571. The predicted octanol–water partition coefficient (Wildman–Crippen LogP) is 2.61. The van der Waals surface area contributed by atoms with Gasteiger partial charge in [0.05, 0.1) is 3.74 Å². The Morgan fingerprint density at radius 2 is 2.27 bits per heavy atom. The molecule has 0 amide bonds. The molecule has 2 nitrogen and oxygen atoms in total. The topological polar surface area (TPSA) is 26.3 Å². The minimum atomic E-state index is -0.186. The molecular formula is C7H10Br2O2. The second-order valence-electron chi connectivity index (χ2n) is 1.90. The highest BCUT2D eigenvalue weighted by molar-refractivity contribution is 9.24. The Morgan fingerprint density at radius 1 is 1.64 bits per heavy atom. The maximum absolute atomic E-state index is 10.8. The fourth-order valence-corrected chi connectivity index (χ4v) is 0.909. The molecule has 0 aliphatic heterocycles. The van der Waals surface area contributed by atoms with Crippen molar-refractivity contribution in [3.05, 3.63) is 12.7 Å². The fourth-order valence-electron chi connectivity index (χ4n) is 0.451. The first-order valence-electron chi connectivity index (χ1n) is 3.21. The van der Waals surface area contributed by atoms with E-state index in [2.05, 4.69) is 38.4 Å². The van der Waals surface area contributed by atoms with Gasteiger partial charge in [0.1, 0.15) is 6.61 Å². The molecule has 0 fully saturated rings. The van der Waals surface area contributed by atoms with Crippen molar-refractivity contribution in [3.63, 3.8) is 0 Å². The Bertz CT molecular complexity index is 134. The van der Waals surface area contributed by atoms with Crippen molar-refractivity contribution in [3.8, 4) is 0 Å². The molecule has 0 saturated carbocycles. The Morgan fingerprint density at radius 3 is 2.73 bits per heavy atom. The van der Waals surface area contributed by atoms with Crippen molar-refractivity contribution in [2.75, 3.05) is 6.61 Å². The summed E-state index contributed by atoms with van der Waals surface area (Å²) in [5.41, 5.74) is 0. The quantitative estimate of drug-likeness (QED) is 0.441. The number of carbonyl (C=O) groups is 1. The van der Waals surface area contributed by atoms with Gasteiger partial charge >= 0.3 is 5.97 Å². The molecule has 0 aromatic heterocycles. The predicted molar refractivity (Wildman–Crippen MR) is 52.0 cm³/mol. The largest absolute Gasteiger partial charge is 0.461 e. The Hall–Kier alpha value is 0.170. The van der Waals surface area contributed by atoms with Crippen LogP contribution >= 0.6 is 31.9 Å². The summed E-state index contributed by atoms with van der Waals surface area (Å²) in [6.07, 6.45) is 2.71. The molecule has 0 unspecified atom stereocenters. The van der Waals surface area contributed by atoms with Crippen LogP contribution in [0.2, 0.25) is 0 Å². The Labute approximate surface area is 83.2 Å². The Balaban J connectivity index is 3.29. The molecule has 0 bridgehead atoms. The van der Waals surface area contributed by atoms with Gasteiger partial charge < -0.3 is 4.74 Å². The van der Waals surface area contributed by atoms with Crippen molar-refractivity contribution in [2.45, 2.75) is 16.6 Å². The van der Waals surface area contributed by atoms with Gasteiger partial charge in [-0.3, -0.25) is 4.79 Å². The smallest absolute Gasteiger partial charge is 0.306 e. The first-order valence-corrected chi connectivity index (χ1v) is 5.04. The van der Waals surface area contributed by atoms with E-state index < -0.39 is 0 Å². The molecule has 0 aromatic rings. The van der Waals surface area contributed by atoms with Crippen LogP contribution in [-0.2, 0) is 9.53 Å². The lowest BCUT2D eigenvalue weighted by Crippen LogP contribution is -2.05. The van der Waals surface area contributed by atoms with Crippen molar-refractivity contribution in [1.82, 2.24) is 0 Å². The third-order valence-electron chi connectivity index (χ3n) is 0.929. The molecule has 0 atom stereocenters. The summed E-state index contributed by atoms with van der Waals surface area (Å²) in [4.78, 5) is 10.8. The van der Waals surface area contributed by atoms with Crippen LogP contribution in [0.4, 0.5) is 0 Å². The van der Waals surface area contributed by atoms with E-state index in [9.17, 15) is 4.79 Å². The second-order valence-corrected chi connectivity index (χ2v) is 5.34. The second kappa shape index (κ2) is 6.85. The lowest BCUT2D eigenvalue weighted by molar-refractivity contribution is -0.142. The number of hydrogen-bond acceptors (Lipinski definition) is 2. The number of halogens is 2. The molecule has 64 valence electrons. The molecule has 0 aliphatic carbocycles. The minimum Gasteiger partial charge on any atom is -0.461 e. The monoisotopic (exact) mass is 284 g/mol. The van der Waals surface area contributed by atoms with Crippen LogP contribution in [0.1, 0.15) is 12.8 Å². The number of ether oxygens (including phenoxy) is 1. The first-order chi connectivity index (χ1) is 5.16. The molecule has 0 heterocycles. The standard InChI is InChI=1S/C7H10Br2O2/c1-2-5-11-7(10)4-3-6(8)9/h2,6H,1,3-5H2. The van der Waals surface area contributed by atoms with E-state index in [1.807, 2.05) is 0 Å². The molecule has 0 aliphatic rings. The van der Waals surface area contributed by atoms with E-state index >= 15 is 0 Å². The van der Waals surface area contributed by atoms with Gasteiger partial charge in [0.25, 0.3) is 0 Å². The van der Waals surface area contributed by atoms with E-state index in [0.717, 1.165) is 6.42 Å². The van der Waals surface area contributed by atoms with Gasteiger partial charge in [-0.25, -0.2) is 0 Å². The van der Waals surface area contributed by atoms with Gasteiger partial charge in [0, 0.05) is 6.42 Å². The van der Waals surface area contributed by atoms with Gasteiger partial charge in [0.15, 0.2) is 0 Å². The van der Waals surface area contributed by atoms with Gasteiger partial charge in [0.2, 0.25) is 0 Å². The van der Waals surface area contributed by atoms with Gasteiger partial charge in [-0.2, -0.15) is 0 Å². The van der Waals surface area contributed by atoms with Crippen LogP contribution in [0, 0.1) is 0 Å². The van der Waals surface area contributed by atoms with Crippen molar-refractivity contribution in [2.24, 2.45) is 0 Å². The van der Waals surface area contributed by atoms with Crippen LogP contribution in [0.25, 0.3) is 0 Å². The van der Waals surface area contributed by atoms with Gasteiger partial charge in [-0.15, -0.1) is 0 Å². The Kier molecular flexibility index (Phi) is 6.96. The summed E-state index contributed by atoms with van der Waals surface area (Å²) >= 11 is 6.52. The zero-order valence-electron chi connectivity index (χ0n) is 6.06. The van der Waals surface area contributed by atoms with Crippen LogP contribution in [0.3, 0.4) is 0 Å². The third kappa shape index (κ3) is 8.07. The van der Waals surface area contributed by atoms with Gasteiger partial charge in [-0.05, 0) is 6.42 Å². The number of rotatable bonds is 5. The number of hydrogen-bond donors (Lipinski definition) is 0. The van der Waals surface area contributed by atoms with Crippen molar-refractivity contribution in [1.29, 1.82) is 0 Å². The van der Waals surface area contributed by atoms with Crippen LogP contribution < -0.4 is 0 Å². The van der Waals surface area contributed by atoms with Crippen molar-refractivity contribution < 1.29 is 9.53 Å². The highest BCUT2D eigenvalue weighted by atomic mass is 79.9. The van der Waals surface area contributed by atoms with E-state index in [-0.39, 0.29) is 9.71 Å². The van der Waals surface area contributed by atoms with Gasteiger partial charge in [-0.1, -0.05) is 44.5 Å². The third-order valence-corrected chi connectivity index (χ3v) is 1.84. The maximum atomic E-state index is 10.8. The molecule has 0 radical (unpaired) electrons. The minimum absolute atomic E-state index is 0.186. The average Bonchev–Trinajstić information content (AvgIpc) is 1.97. The van der Waals surface area contributed by atoms with E-state index in [1.54, 1.807) is 6.08 Å². The molecule has 0 rings (SSSR count). The zero-order chi connectivity index (χ0) is 8.69. The summed E-state index contributed by atoms with van der Waals surface area (Å²) in [7, 11) is 0. The molecule has 0 N–H and O–H groups in total. The summed E-state index contributed by atoms with van der Waals surface area (Å²) in [6, 6.07) is 0. The lowest BCUT2D eigenvalue weighted by Gasteiger charge is -2.01. The molecule has 0 spiro atoms. The summed E-state index contributed by atoms with van der Waals surface area (Å²) in [5, 5.41) is 0. The molecule has 0 aromatic carbocycles. The number of esters is 1. The van der Waals surface area contributed by atoms with Crippen LogP contribution in [-0.4, -0.2) is 16.3 Å².